The molecule has 0 heterocycles. The first-order valence-electron chi connectivity index (χ1n) is 5.70. The third-order valence-electron chi connectivity index (χ3n) is 2.77. The molecule has 2 N–H and O–H groups in total. The fraction of sp³-hybridized carbons (Fsp3) is 0.538. The Morgan fingerprint density at radius 2 is 2.06 bits per heavy atom. The highest BCUT2D eigenvalue weighted by molar-refractivity contribution is 5.18. The molecule has 0 bridgehead atoms. The minimum Gasteiger partial charge on any atom is -0.380 e. The number of hydrogen-bond acceptors (Lipinski definition) is 2. The van der Waals surface area contributed by atoms with Crippen molar-refractivity contribution < 1.29 is 9.13 Å². The molecule has 0 amide bonds. The Kier molecular flexibility index (Phi) is 5.43. The lowest BCUT2D eigenvalue weighted by Gasteiger charge is -2.22. The van der Waals surface area contributed by atoms with Crippen molar-refractivity contribution in [3.8, 4) is 0 Å². The van der Waals surface area contributed by atoms with Gasteiger partial charge in [0.25, 0.3) is 0 Å². The summed E-state index contributed by atoms with van der Waals surface area (Å²) < 4.78 is 18.7. The van der Waals surface area contributed by atoms with Crippen LogP contribution in [-0.4, -0.2) is 19.3 Å². The molecule has 2 atom stereocenters. The summed E-state index contributed by atoms with van der Waals surface area (Å²) in [5.41, 5.74) is 6.68. The topological polar surface area (TPSA) is 35.2 Å². The SMILES string of the molecule is CCCC(OC)C(N)Cc1ccccc1F. The van der Waals surface area contributed by atoms with E-state index in [1.165, 1.54) is 6.07 Å². The quantitative estimate of drug-likeness (QED) is 0.807. The molecule has 0 radical (unpaired) electrons. The van der Waals surface area contributed by atoms with Crippen LogP contribution in [0.15, 0.2) is 24.3 Å². The predicted octanol–water partition coefficient (Wildman–Crippen LogP) is 2.51. The summed E-state index contributed by atoms with van der Waals surface area (Å²) in [7, 11) is 1.65. The molecule has 1 aromatic rings. The van der Waals surface area contributed by atoms with Gasteiger partial charge in [0.05, 0.1) is 6.10 Å². The van der Waals surface area contributed by atoms with Gasteiger partial charge in [0.2, 0.25) is 0 Å². The van der Waals surface area contributed by atoms with E-state index in [1.807, 2.05) is 6.07 Å². The fourth-order valence-electron chi connectivity index (χ4n) is 1.84. The average molecular weight is 225 g/mol. The molecule has 0 aliphatic heterocycles. The van der Waals surface area contributed by atoms with E-state index in [2.05, 4.69) is 6.92 Å². The molecule has 0 saturated carbocycles. The maximum Gasteiger partial charge on any atom is 0.126 e. The number of hydrogen-bond donors (Lipinski definition) is 1. The molecule has 0 fully saturated rings. The third kappa shape index (κ3) is 3.58. The molecule has 1 rings (SSSR count). The van der Waals surface area contributed by atoms with Crippen molar-refractivity contribution in [2.24, 2.45) is 5.73 Å². The lowest BCUT2D eigenvalue weighted by atomic mass is 9.99. The van der Waals surface area contributed by atoms with Crippen LogP contribution in [0.4, 0.5) is 4.39 Å². The molecule has 1 aromatic carbocycles. The van der Waals surface area contributed by atoms with Gasteiger partial charge in [0.15, 0.2) is 0 Å². The molecule has 90 valence electrons. The fourth-order valence-corrected chi connectivity index (χ4v) is 1.84. The second-order valence-electron chi connectivity index (χ2n) is 4.02. The van der Waals surface area contributed by atoms with Crippen LogP contribution in [0.3, 0.4) is 0 Å². The summed E-state index contributed by atoms with van der Waals surface area (Å²) in [6, 6.07) is 6.59. The van der Waals surface area contributed by atoms with Crippen LogP contribution in [0.5, 0.6) is 0 Å². The smallest absolute Gasteiger partial charge is 0.126 e. The molecule has 2 nitrogen and oxygen atoms in total. The van der Waals surface area contributed by atoms with Crippen molar-refractivity contribution in [1.29, 1.82) is 0 Å². The molecular formula is C13H20FNO. The summed E-state index contributed by atoms with van der Waals surface area (Å²) in [6.45, 7) is 2.09. The van der Waals surface area contributed by atoms with Crippen LogP contribution in [0, 0.1) is 5.82 Å². The van der Waals surface area contributed by atoms with Crippen molar-refractivity contribution >= 4 is 0 Å². The third-order valence-corrected chi connectivity index (χ3v) is 2.77. The molecule has 0 aliphatic rings. The van der Waals surface area contributed by atoms with E-state index in [0.29, 0.717) is 12.0 Å². The number of methoxy groups -OCH3 is 1. The van der Waals surface area contributed by atoms with Crippen LogP contribution in [0.25, 0.3) is 0 Å². The van der Waals surface area contributed by atoms with Gasteiger partial charge in [-0.25, -0.2) is 4.39 Å². The standard InChI is InChI=1S/C13H20FNO/c1-3-6-13(16-2)12(15)9-10-7-4-5-8-11(10)14/h4-5,7-8,12-13H,3,6,9,15H2,1-2H3. The lowest BCUT2D eigenvalue weighted by molar-refractivity contribution is 0.0724. The first kappa shape index (κ1) is 13.1. The van der Waals surface area contributed by atoms with E-state index in [9.17, 15) is 4.39 Å². The van der Waals surface area contributed by atoms with Gasteiger partial charge in [-0.2, -0.15) is 0 Å². The lowest BCUT2D eigenvalue weighted by Crippen LogP contribution is -2.38. The van der Waals surface area contributed by atoms with Crippen molar-refractivity contribution in [2.45, 2.75) is 38.3 Å². The van der Waals surface area contributed by atoms with Gasteiger partial charge >= 0.3 is 0 Å². The van der Waals surface area contributed by atoms with E-state index in [-0.39, 0.29) is 18.0 Å². The molecule has 16 heavy (non-hydrogen) atoms. The maximum atomic E-state index is 13.4. The number of halogens is 1. The van der Waals surface area contributed by atoms with E-state index in [1.54, 1.807) is 19.2 Å². The van der Waals surface area contributed by atoms with Gasteiger partial charge in [-0.3, -0.25) is 0 Å². The highest BCUT2D eigenvalue weighted by atomic mass is 19.1. The largest absolute Gasteiger partial charge is 0.380 e. The summed E-state index contributed by atoms with van der Waals surface area (Å²) in [4.78, 5) is 0. The van der Waals surface area contributed by atoms with Crippen molar-refractivity contribution in [3.05, 3.63) is 35.6 Å². The van der Waals surface area contributed by atoms with Gasteiger partial charge in [0, 0.05) is 13.2 Å². The minimum absolute atomic E-state index is 0.00426. The van der Waals surface area contributed by atoms with Crippen molar-refractivity contribution in [1.82, 2.24) is 0 Å². The van der Waals surface area contributed by atoms with Crippen LogP contribution in [0.1, 0.15) is 25.3 Å². The Morgan fingerprint density at radius 3 is 2.62 bits per heavy atom. The summed E-state index contributed by atoms with van der Waals surface area (Å²) in [5.74, 6) is -0.190. The first-order chi connectivity index (χ1) is 7.69. The Balaban J connectivity index is 2.62. The zero-order valence-corrected chi connectivity index (χ0v) is 9.95. The highest BCUT2D eigenvalue weighted by Crippen LogP contribution is 2.13. The normalized spacial score (nSPS) is 14.8. The summed E-state index contributed by atoms with van der Waals surface area (Å²) in [6.07, 6.45) is 2.45. The average Bonchev–Trinajstić information content (AvgIpc) is 2.29. The Morgan fingerprint density at radius 1 is 1.38 bits per heavy atom. The summed E-state index contributed by atoms with van der Waals surface area (Å²) >= 11 is 0. The van der Waals surface area contributed by atoms with E-state index in [4.69, 9.17) is 10.5 Å². The van der Waals surface area contributed by atoms with Crippen molar-refractivity contribution in [3.63, 3.8) is 0 Å². The second kappa shape index (κ2) is 6.61. The molecule has 0 saturated heterocycles. The van der Waals surface area contributed by atoms with Gasteiger partial charge in [-0.15, -0.1) is 0 Å². The van der Waals surface area contributed by atoms with Crippen LogP contribution >= 0.6 is 0 Å². The maximum absolute atomic E-state index is 13.4. The first-order valence-corrected chi connectivity index (χ1v) is 5.70. The highest BCUT2D eigenvalue weighted by Gasteiger charge is 2.17. The summed E-state index contributed by atoms with van der Waals surface area (Å²) in [5, 5.41) is 0. The zero-order valence-electron chi connectivity index (χ0n) is 9.95. The van der Waals surface area contributed by atoms with E-state index >= 15 is 0 Å². The van der Waals surface area contributed by atoms with Crippen LogP contribution in [0.2, 0.25) is 0 Å². The van der Waals surface area contributed by atoms with Gasteiger partial charge in [-0.05, 0) is 24.5 Å². The second-order valence-corrected chi connectivity index (χ2v) is 4.02. The van der Waals surface area contributed by atoms with E-state index < -0.39 is 0 Å². The number of rotatable bonds is 6. The molecular weight excluding hydrogens is 205 g/mol. The number of nitrogens with two attached hydrogens (primary N) is 1. The molecule has 0 spiro atoms. The van der Waals surface area contributed by atoms with Gasteiger partial charge in [-0.1, -0.05) is 31.5 Å². The number of ether oxygens (including phenoxy) is 1. The zero-order chi connectivity index (χ0) is 12.0. The van der Waals surface area contributed by atoms with Gasteiger partial charge < -0.3 is 10.5 Å². The monoisotopic (exact) mass is 225 g/mol. The molecule has 2 unspecified atom stereocenters. The molecule has 0 aromatic heterocycles. The van der Waals surface area contributed by atoms with Gasteiger partial charge in [0.1, 0.15) is 5.82 Å². The van der Waals surface area contributed by atoms with E-state index in [0.717, 1.165) is 12.8 Å². The van der Waals surface area contributed by atoms with Crippen LogP contribution < -0.4 is 5.73 Å². The predicted molar refractivity (Wildman–Crippen MR) is 63.8 cm³/mol. The minimum atomic E-state index is -0.190. The molecule has 0 aliphatic carbocycles. The Bertz CT molecular complexity index is 317. The van der Waals surface area contributed by atoms with Crippen molar-refractivity contribution in [2.75, 3.05) is 7.11 Å². The number of benzene rings is 1. The Hall–Kier alpha value is -0.930. The van der Waals surface area contributed by atoms with Crippen LogP contribution in [-0.2, 0) is 11.2 Å². The Labute approximate surface area is 96.6 Å². The molecule has 3 heteroatoms.